The molecule has 0 saturated carbocycles. The summed E-state index contributed by atoms with van der Waals surface area (Å²) in [5.74, 6) is -1.26. The molecule has 1 unspecified atom stereocenters. The Bertz CT molecular complexity index is 978. The zero-order chi connectivity index (χ0) is 21.3. The van der Waals surface area contributed by atoms with Crippen molar-refractivity contribution in [3.8, 4) is 5.75 Å². The van der Waals surface area contributed by atoms with Gasteiger partial charge in [0.2, 0.25) is 11.8 Å². The third-order valence-electron chi connectivity index (χ3n) is 7.45. The van der Waals surface area contributed by atoms with Crippen LogP contribution in [0.25, 0.3) is 0 Å². The summed E-state index contributed by atoms with van der Waals surface area (Å²) in [6, 6.07) is 3.12. The zero-order valence-corrected chi connectivity index (χ0v) is 17.1. The van der Waals surface area contributed by atoms with Crippen LogP contribution < -0.4 is 15.4 Å². The molecule has 0 aromatic heterocycles. The number of rotatable bonds is 2. The number of carbonyl (C=O) groups excluding carboxylic acids is 4. The second-order valence-electron chi connectivity index (χ2n) is 9.26. The molecule has 4 amide bonds. The van der Waals surface area contributed by atoms with Crippen LogP contribution in [0.4, 0.5) is 0 Å². The highest BCUT2D eigenvalue weighted by molar-refractivity contribution is 6.23. The lowest BCUT2D eigenvalue weighted by molar-refractivity contribution is -0.136. The molecule has 1 aromatic carbocycles. The van der Waals surface area contributed by atoms with Crippen LogP contribution in [-0.4, -0.2) is 77.3 Å². The van der Waals surface area contributed by atoms with Crippen LogP contribution >= 0.6 is 0 Å². The SMILES string of the molecule is O=C1CCC(N2C(=O)c3cc4c(cc3C2=O)OC2(CCN(C3CNC3)CC2)C4)C(=O)N1. The molecular formula is C22H24N4O5. The van der Waals surface area contributed by atoms with Crippen LogP contribution in [0.15, 0.2) is 12.1 Å². The van der Waals surface area contributed by atoms with Gasteiger partial charge in [-0.15, -0.1) is 0 Å². The van der Waals surface area contributed by atoms with Gasteiger partial charge in [-0.2, -0.15) is 0 Å². The van der Waals surface area contributed by atoms with Crippen molar-refractivity contribution in [3.63, 3.8) is 0 Å². The first kappa shape index (κ1) is 18.9. The van der Waals surface area contributed by atoms with Crippen molar-refractivity contribution in [1.82, 2.24) is 20.4 Å². The predicted molar refractivity (Wildman–Crippen MR) is 108 cm³/mol. The quantitative estimate of drug-likeness (QED) is 0.635. The van der Waals surface area contributed by atoms with E-state index in [9.17, 15) is 19.2 Å². The van der Waals surface area contributed by atoms with E-state index in [0.717, 1.165) is 55.9 Å². The van der Waals surface area contributed by atoms with Crippen molar-refractivity contribution >= 4 is 23.6 Å². The highest BCUT2D eigenvalue weighted by atomic mass is 16.5. The van der Waals surface area contributed by atoms with Gasteiger partial charge in [0.15, 0.2) is 0 Å². The largest absolute Gasteiger partial charge is 0.487 e. The van der Waals surface area contributed by atoms with Crippen molar-refractivity contribution in [2.24, 2.45) is 0 Å². The zero-order valence-electron chi connectivity index (χ0n) is 17.1. The van der Waals surface area contributed by atoms with Crippen LogP contribution in [0.3, 0.4) is 0 Å². The monoisotopic (exact) mass is 424 g/mol. The number of imide groups is 2. The smallest absolute Gasteiger partial charge is 0.262 e. The highest BCUT2D eigenvalue weighted by Crippen LogP contribution is 2.44. The maximum absolute atomic E-state index is 13.0. The van der Waals surface area contributed by atoms with Gasteiger partial charge in [0.05, 0.1) is 11.1 Å². The lowest BCUT2D eigenvalue weighted by Gasteiger charge is -2.45. The second-order valence-corrected chi connectivity index (χ2v) is 9.26. The summed E-state index contributed by atoms with van der Waals surface area (Å²) in [6.45, 7) is 4.08. The molecule has 5 aliphatic heterocycles. The Balaban J connectivity index is 1.22. The van der Waals surface area contributed by atoms with Gasteiger partial charge in [0.1, 0.15) is 17.4 Å². The van der Waals surface area contributed by atoms with Crippen LogP contribution in [0.2, 0.25) is 0 Å². The predicted octanol–water partition coefficient (Wildman–Crippen LogP) is -0.171. The van der Waals surface area contributed by atoms with Gasteiger partial charge in [0, 0.05) is 57.9 Å². The summed E-state index contributed by atoms with van der Waals surface area (Å²) in [5, 5.41) is 5.54. The first-order valence-electron chi connectivity index (χ1n) is 11.0. The third kappa shape index (κ3) is 2.83. The van der Waals surface area contributed by atoms with E-state index in [-0.39, 0.29) is 29.9 Å². The van der Waals surface area contributed by atoms with Crippen LogP contribution in [0, 0.1) is 0 Å². The fraction of sp³-hybridized carbons (Fsp3) is 0.545. The van der Waals surface area contributed by atoms with Gasteiger partial charge in [0.25, 0.3) is 11.8 Å². The molecule has 31 heavy (non-hydrogen) atoms. The maximum atomic E-state index is 13.0. The Morgan fingerprint density at radius 1 is 1.00 bits per heavy atom. The Labute approximate surface area is 179 Å². The molecule has 0 radical (unpaired) electrons. The van der Waals surface area contributed by atoms with Gasteiger partial charge in [-0.05, 0) is 24.1 Å². The molecule has 3 saturated heterocycles. The number of nitrogens with one attached hydrogen (secondary N) is 2. The fourth-order valence-electron chi connectivity index (χ4n) is 5.50. The fourth-order valence-corrected chi connectivity index (χ4v) is 5.50. The number of piperidine rings is 2. The third-order valence-corrected chi connectivity index (χ3v) is 7.45. The van der Waals surface area contributed by atoms with E-state index in [1.165, 1.54) is 0 Å². The number of benzene rings is 1. The number of nitrogens with zero attached hydrogens (tertiary/aromatic N) is 2. The molecular weight excluding hydrogens is 400 g/mol. The number of carbonyl (C=O) groups is 4. The number of fused-ring (bicyclic) bond motifs is 2. The molecule has 162 valence electrons. The Hall–Kier alpha value is -2.78. The highest BCUT2D eigenvalue weighted by Gasteiger charge is 2.48. The summed E-state index contributed by atoms with van der Waals surface area (Å²) >= 11 is 0. The van der Waals surface area contributed by atoms with Crippen molar-refractivity contribution in [1.29, 1.82) is 0 Å². The van der Waals surface area contributed by atoms with Crippen LogP contribution in [-0.2, 0) is 16.0 Å². The molecule has 9 heteroatoms. The minimum absolute atomic E-state index is 0.111. The number of ether oxygens (including phenoxy) is 1. The Kier molecular flexibility index (Phi) is 4.04. The Morgan fingerprint density at radius 2 is 1.71 bits per heavy atom. The average Bonchev–Trinajstić information content (AvgIpc) is 3.16. The lowest BCUT2D eigenvalue weighted by Crippen LogP contribution is -2.61. The van der Waals surface area contributed by atoms with Gasteiger partial charge >= 0.3 is 0 Å². The summed E-state index contributed by atoms with van der Waals surface area (Å²) in [7, 11) is 0. The summed E-state index contributed by atoms with van der Waals surface area (Å²) < 4.78 is 6.39. The minimum Gasteiger partial charge on any atom is -0.487 e. The normalized spacial score (nSPS) is 27.7. The molecule has 0 aliphatic carbocycles. The van der Waals surface area contributed by atoms with Crippen molar-refractivity contribution in [2.45, 2.75) is 49.8 Å². The van der Waals surface area contributed by atoms with E-state index in [1.807, 2.05) is 0 Å². The second kappa shape index (κ2) is 6.61. The van der Waals surface area contributed by atoms with E-state index in [4.69, 9.17) is 4.74 Å². The molecule has 1 spiro atoms. The number of likely N-dealkylation sites (tertiary alicyclic amines) is 1. The van der Waals surface area contributed by atoms with Gasteiger partial charge in [-0.25, -0.2) is 0 Å². The van der Waals surface area contributed by atoms with Gasteiger partial charge in [-0.1, -0.05) is 0 Å². The van der Waals surface area contributed by atoms with E-state index in [0.29, 0.717) is 17.4 Å². The summed E-state index contributed by atoms with van der Waals surface area (Å²) in [4.78, 5) is 53.3. The van der Waals surface area contributed by atoms with Crippen LogP contribution in [0.1, 0.15) is 52.0 Å². The minimum atomic E-state index is -0.947. The molecule has 3 fully saturated rings. The molecule has 2 N–H and O–H groups in total. The first-order valence-corrected chi connectivity index (χ1v) is 11.0. The number of amides is 4. The molecule has 5 aliphatic rings. The van der Waals surface area contributed by atoms with Crippen LogP contribution in [0.5, 0.6) is 5.75 Å². The maximum Gasteiger partial charge on any atom is 0.262 e. The molecule has 6 rings (SSSR count). The van der Waals surface area contributed by atoms with E-state index in [2.05, 4.69) is 15.5 Å². The van der Waals surface area contributed by atoms with Crippen molar-refractivity contribution in [2.75, 3.05) is 26.2 Å². The van der Waals surface area contributed by atoms with E-state index in [1.54, 1.807) is 12.1 Å². The van der Waals surface area contributed by atoms with Crippen molar-refractivity contribution < 1.29 is 23.9 Å². The van der Waals surface area contributed by atoms with Gasteiger partial charge in [-0.3, -0.25) is 34.3 Å². The van der Waals surface area contributed by atoms with E-state index >= 15 is 0 Å². The summed E-state index contributed by atoms with van der Waals surface area (Å²) in [6.07, 6.45) is 2.84. The molecule has 5 heterocycles. The molecule has 9 nitrogen and oxygen atoms in total. The molecule has 1 aromatic rings. The Morgan fingerprint density at radius 3 is 2.35 bits per heavy atom. The molecule has 1 atom stereocenters. The van der Waals surface area contributed by atoms with Crippen molar-refractivity contribution in [3.05, 3.63) is 28.8 Å². The number of hydrogen-bond donors (Lipinski definition) is 2. The summed E-state index contributed by atoms with van der Waals surface area (Å²) in [5.41, 5.74) is 1.29. The average molecular weight is 424 g/mol. The van der Waals surface area contributed by atoms with E-state index < -0.39 is 23.8 Å². The lowest BCUT2D eigenvalue weighted by atomic mass is 9.86. The standard InChI is InChI=1S/C22H24N4O5/c27-18-2-1-16(19(28)24-18)26-20(29)14-7-12-9-22(31-17(12)8-15(14)21(26)30)3-5-25(6-4-22)13-10-23-11-13/h7-8,13,16,23H,1-6,9-11H2,(H,24,27,28). The molecule has 0 bridgehead atoms. The number of hydrogen-bond acceptors (Lipinski definition) is 7. The first-order chi connectivity index (χ1) is 14.9. The van der Waals surface area contributed by atoms with Gasteiger partial charge < -0.3 is 10.1 Å². The topological polar surface area (TPSA) is 108 Å².